The maximum Gasteiger partial charge on any atom is 0.325 e. The van der Waals surface area contributed by atoms with Crippen LogP contribution < -0.4 is 5.32 Å². The number of aliphatic carboxylic acids is 1. The molecule has 2 N–H and O–H groups in total. The maximum absolute atomic E-state index is 11.4. The number of benzene rings is 1. The molecule has 5 heteroatoms. The van der Waals surface area contributed by atoms with Gasteiger partial charge in [-0.3, -0.25) is 9.59 Å². The first-order valence-electron chi connectivity index (χ1n) is 5.23. The number of carboxylic acids is 1. The van der Waals surface area contributed by atoms with Crippen LogP contribution in [0.1, 0.15) is 12.5 Å². The van der Waals surface area contributed by atoms with Gasteiger partial charge in [-0.25, -0.2) is 0 Å². The van der Waals surface area contributed by atoms with E-state index in [1.807, 2.05) is 30.3 Å². The van der Waals surface area contributed by atoms with Crippen molar-refractivity contribution in [3.8, 4) is 0 Å². The van der Waals surface area contributed by atoms with Crippen LogP contribution >= 0.6 is 11.8 Å². The molecule has 0 aliphatic carbocycles. The van der Waals surface area contributed by atoms with E-state index < -0.39 is 12.0 Å². The lowest BCUT2D eigenvalue weighted by atomic mass is 10.2. The van der Waals surface area contributed by atoms with Gasteiger partial charge in [0.25, 0.3) is 0 Å². The molecule has 1 aromatic carbocycles. The zero-order valence-corrected chi connectivity index (χ0v) is 10.4. The molecule has 0 fully saturated rings. The van der Waals surface area contributed by atoms with Crippen molar-refractivity contribution < 1.29 is 14.7 Å². The van der Waals surface area contributed by atoms with Crippen LogP contribution in [0.15, 0.2) is 30.3 Å². The van der Waals surface area contributed by atoms with Gasteiger partial charge in [-0.05, 0) is 12.5 Å². The molecule has 0 bridgehead atoms. The molecule has 0 aliphatic rings. The Kier molecular flexibility index (Phi) is 5.56. The molecular formula is C12H15NO3S. The summed E-state index contributed by atoms with van der Waals surface area (Å²) in [6.45, 7) is 1.45. The second-order valence-electron chi connectivity index (χ2n) is 3.61. The van der Waals surface area contributed by atoms with E-state index in [4.69, 9.17) is 5.11 Å². The Morgan fingerprint density at radius 2 is 2.00 bits per heavy atom. The molecular weight excluding hydrogens is 238 g/mol. The lowest BCUT2D eigenvalue weighted by Gasteiger charge is -2.08. The van der Waals surface area contributed by atoms with Gasteiger partial charge in [-0.2, -0.15) is 0 Å². The van der Waals surface area contributed by atoms with E-state index in [0.29, 0.717) is 0 Å². The molecule has 0 heterocycles. The lowest BCUT2D eigenvalue weighted by Crippen LogP contribution is -2.39. The summed E-state index contributed by atoms with van der Waals surface area (Å²) >= 11 is 1.46. The van der Waals surface area contributed by atoms with E-state index in [1.54, 1.807) is 0 Å². The molecule has 4 nitrogen and oxygen atoms in total. The van der Waals surface area contributed by atoms with Crippen LogP contribution in [0.2, 0.25) is 0 Å². The molecule has 0 spiro atoms. The van der Waals surface area contributed by atoms with E-state index in [1.165, 1.54) is 18.7 Å². The van der Waals surface area contributed by atoms with Crippen molar-refractivity contribution in [2.45, 2.75) is 18.7 Å². The molecule has 1 atom stereocenters. The van der Waals surface area contributed by atoms with Gasteiger partial charge in [0.15, 0.2) is 0 Å². The minimum atomic E-state index is -1.02. The third-order valence-corrected chi connectivity index (χ3v) is 3.10. The van der Waals surface area contributed by atoms with Crippen LogP contribution in [0.4, 0.5) is 0 Å². The van der Waals surface area contributed by atoms with Crippen molar-refractivity contribution in [2.24, 2.45) is 0 Å². The monoisotopic (exact) mass is 253 g/mol. The molecule has 17 heavy (non-hydrogen) atoms. The Hall–Kier alpha value is -1.49. The Bertz CT molecular complexity index is 381. The number of nitrogens with one attached hydrogen (secondary N) is 1. The molecule has 0 saturated heterocycles. The van der Waals surface area contributed by atoms with Crippen LogP contribution in [-0.2, 0) is 15.3 Å². The molecule has 1 aromatic rings. The predicted octanol–water partition coefficient (Wildman–Crippen LogP) is 1.51. The van der Waals surface area contributed by atoms with E-state index in [-0.39, 0.29) is 11.7 Å². The quantitative estimate of drug-likeness (QED) is 0.806. The van der Waals surface area contributed by atoms with Crippen molar-refractivity contribution in [1.29, 1.82) is 0 Å². The minimum absolute atomic E-state index is 0.249. The highest BCUT2D eigenvalue weighted by Crippen LogP contribution is 2.11. The topological polar surface area (TPSA) is 66.4 Å². The van der Waals surface area contributed by atoms with Crippen LogP contribution in [0, 0.1) is 0 Å². The molecule has 1 unspecified atom stereocenters. The third-order valence-electron chi connectivity index (χ3n) is 2.09. The highest BCUT2D eigenvalue weighted by molar-refractivity contribution is 7.99. The molecule has 92 valence electrons. The van der Waals surface area contributed by atoms with Crippen LogP contribution in [0.3, 0.4) is 0 Å². The number of rotatable bonds is 6. The highest BCUT2D eigenvalue weighted by atomic mass is 32.2. The van der Waals surface area contributed by atoms with Crippen molar-refractivity contribution in [3.63, 3.8) is 0 Å². The molecule has 1 amide bonds. The first-order chi connectivity index (χ1) is 8.09. The number of carbonyl (C=O) groups is 2. The summed E-state index contributed by atoms with van der Waals surface area (Å²) in [5.41, 5.74) is 1.15. The van der Waals surface area contributed by atoms with E-state index in [9.17, 15) is 9.59 Å². The van der Waals surface area contributed by atoms with Crippen LogP contribution in [0.5, 0.6) is 0 Å². The Labute approximate surface area is 104 Å². The van der Waals surface area contributed by atoms with Gasteiger partial charge >= 0.3 is 5.97 Å². The first-order valence-corrected chi connectivity index (χ1v) is 6.39. The van der Waals surface area contributed by atoms with Crippen LogP contribution in [-0.4, -0.2) is 28.8 Å². The number of amides is 1. The number of carboxylic acid groups (broad SMARTS) is 1. The minimum Gasteiger partial charge on any atom is -0.480 e. The van der Waals surface area contributed by atoms with Crippen molar-refractivity contribution in [1.82, 2.24) is 5.32 Å². The normalized spacial score (nSPS) is 11.8. The summed E-state index contributed by atoms with van der Waals surface area (Å²) < 4.78 is 0. The average molecular weight is 253 g/mol. The summed E-state index contributed by atoms with van der Waals surface area (Å²) in [6, 6.07) is 8.98. The number of hydrogen-bond acceptors (Lipinski definition) is 3. The highest BCUT2D eigenvalue weighted by Gasteiger charge is 2.13. The Morgan fingerprint density at radius 1 is 1.35 bits per heavy atom. The van der Waals surface area contributed by atoms with Crippen molar-refractivity contribution in [2.75, 3.05) is 5.75 Å². The molecule has 0 aliphatic heterocycles. The summed E-state index contributed by atoms with van der Waals surface area (Å²) in [5, 5.41) is 11.0. The van der Waals surface area contributed by atoms with Gasteiger partial charge in [0.05, 0.1) is 5.75 Å². The van der Waals surface area contributed by atoms with Gasteiger partial charge in [0.1, 0.15) is 6.04 Å². The third kappa shape index (κ3) is 5.40. The Morgan fingerprint density at radius 3 is 2.59 bits per heavy atom. The number of thioether (sulfide) groups is 1. The number of hydrogen-bond donors (Lipinski definition) is 2. The number of carbonyl (C=O) groups excluding carboxylic acids is 1. The van der Waals surface area contributed by atoms with Gasteiger partial charge in [-0.15, -0.1) is 11.8 Å². The molecule has 1 rings (SSSR count). The second kappa shape index (κ2) is 6.96. The lowest BCUT2D eigenvalue weighted by molar-refractivity contribution is -0.140. The summed E-state index contributed by atoms with van der Waals surface area (Å²) in [4.78, 5) is 21.9. The molecule has 0 saturated carbocycles. The van der Waals surface area contributed by atoms with E-state index in [2.05, 4.69) is 5.32 Å². The summed E-state index contributed by atoms with van der Waals surface area (Å²) in [5.74, 6) is -0.255. The van der Waals surface area contributed by atoms with E-state index >= 15 is 0 Å². The fraction of sp³-hybridized carbons (Fsp3) is 0.333. The van der Waals surface area contributed by atoms with Gasteiger partial charge < -0.3 is 10.4 Å². The average Bonchev–Trinajstić information content (AvgIpc) is 2.30. The zero-order valence-electron chi connectivity index (χ0n) is 9.55. The zero-order chi connectivity index (χ0) is 12.7. The SMILES string of the molecule is CC(NC(=O)CSCc1ccccc1)C(=O)O. The van der Waals surface area contributed by atoms with Gasteiger partial charge in [-0.1, -0.05) is 30.3 Å². The molecule has 0 radical (unpaired) electrons. The summed E-state index contributed by atoms with van der Waals surface area (Å²) in [7, 11) is 0. The smallest absolute Gasteiger partial charge is 0.325 e. The Balaban J connectivity index is 2.23. The van der Waals surface area contributed by atoms with Crippen molar-refractivity contribution in [3.05, 3.63) is 35.9 Å². The largest absolute Gasteiger partial charge is 0.480 e. The van der Waals surface area contributed by atoms with E-state index in [0.717, 1.165) is 11.3 Å². The van der Waals surface area contributed by atoms with Gasteiger partial charge in [0, 0.05) is 5.75 Å². The summed E-state index contributed by atoms with van der Waals surface area (Å²) in [6.07, 6.45) is 0. The maximum atomic E-state index is 11.4. The standard InChI is InChI=1S/C12H15NO3S/c1-9(12(15)16)13-11(14)8-17-7-10-5-3-2-4-6-10/h2-6,9H,7-8H2,1H3,(H,13,14)(H,15,16). The predicted molar refractivity (Wildman–Crippen MR) is 67.8 cm³/mol. The fourth-order valence-corrected chi connectivity index (χ4v) is 1.98. The van der Waals surface area contributed by atoms with Gasteiger partial charge in [0.2, 0.25) is 5.91 Å². The van der Waals surface area contributed by atoms with Crippen molar-refractivity contribution >= 4 is 23.6 Å². The molecule has 0 aromatic heterocycles. The second-order valence-corrected chi connectivity index (χ2v) is 4.59. The van der Waals surface area contributed by atoms with Crippen LogP contribution in [0.25, 0.3) is 0 Å². The first kappa shape index (κ1) is 13.6. The fourth-order valence-electron chi connectivity index (χ4n) is 1.18.